The third-order valence-corrected chi connectivity index (χ3v) is 8.26. The van der Waals surface area contributed by atoms with Gasteiger partial charge in [0.15, 0.2) is 0 Å². The Morgan fingerprint density at radius 1 is 0.467 bits per heavy atom. The number of hydrogen-bond donors (Lipinski definition) is 5. The first-order valence-electron chi connectivity index (χ1n) is 6.59. The van der Waals surface area contributed by atoms with E-state index < -0.39 is 85.8 Å². The Morgan fingerprint density at radius 3 is 1.17 bits per heavy atom. The fraction of sp³-hybridized carbons (Fsp3) is 0. The largest absolute Gasteiger partial charge is 0.296 e. The molecule has 0 amide bonds. The average Bonchev–Trinajstić information content (AvgIpc) is 2.46. The highest BCUT2D eigenvalue weighted by molar-refractivity contribution is 7.90. The summed E-state index contributed by atoms with van der Waals surface area (Å²) in [7, 11) is -28.8. The summed E-state index contributed by atoms with van der Waals surface area (Å²) in [6.07, 6.45) is 0. The molecule has 0 aliphatic heterocycles. The maximum absolute atomic E-state index is 11.8. The molecule has 0 atom stereocenters. The molecule has 0 aliphatic rings. The van der Waals surface area contributed by atoms with Crippen LogP contribution in [0.3, 0.4) is 0 Å². The van der Waals surface area contributed by atoms with Gasteiger partial charge in [0.1, 0.15) is 24.5 Å². The molecule has 0 spiro atoms. The minimum absolute atomic E-state index is 0.170. The zero-order valence-corrected chi connectivity index (χ0v) is 17.7. The van der Waals surface area contributed by atoms with E-state index in [0.29, 0.717) is 6.07 Å². The van der Waals surface area contributed by atoms with Crippen molar-refractivity contribution in [3.8, 4) is 0 Å². The standard InChI is InChI=1S/C10H8O15S5/c11-26(12,13)5-2-1-4-6(27(14,15)16)3-7(28(17,18)19)10(30(23,24)25)8(4)9(5)29(20,21)22/h1-3H,(H,11,12,13)(H,14,15,16)(H,17,18,19)(H,20,21,22)(H,23,24,25). The van der Waals surface area contributed by atoms with Crippen LogP contribution >= 0.6 is 0 Å². The normalized spacial score (nSPS) is 14.2. The molecule has 0 fully saturated rings. The van der Waals surface area contributed by atoms with Gasteiger partial charge in [-0.3, -0.25) is 22.8 Å². The van der Waals surface area contributed by atoms with Gasteiger partial charge in [0.2, 0.25) is 0 Å². The second kappa shape index (κ2) is 6.88. The molecule has 2 aromatic rings. The van der Waals surface area contributed by atoms with Crippen molar-refractivity contribution in [2.75, 3.05) is 0 Å². The summed E-state index contributed by atoms with van der Waals surface area (Å²) in [5, 5.41) is -3.00. The average molecular weight is 528 g/mol. The van der Waals surface area contributed by atoms with Crippen LogP contribution in [-0.2, 0) is 50.6 Å². The van der Waals surface area contributed by atoms with Crippen molar-refractivity contribution < 1.29 is 64.9 Å². The van der Waals surface area contributed by atoms with Crippen LogP contribution in [0.4, 0.5) is 0 Å². The van der Waals surface area contributed by atoms with Gasteiger partial charge in [-0.2, -0.15) is 42.1 Å². The lowest BCUT2D eigenvalue weighted by atomic mass is 10.1. The molecule has 30 heavy (non-hydrogen) atoms. The van der Waals surface area contributed by atoms with Crippen LogP contribution in [0.2, 0.25) is 0 Å². The van der Waals surface area contributed by atoms with Crippen LogP contribution in [0.25, 0.3) is 10.8 Å². The zero-order valence-electron chi connectivity index (χ0n) is 13.6. The van der Waals surface area contributed by atoms with E-state index in [0.717, 1.165) is 0 Å². The topological polar surface area (TPSA) is 272 Å². The van der Waals surface area contributed by atoms with Gasteiger partial charge in [-0.15, -0.1) is 0 Å². The van der Waals surface area contributed by atoms with Gasteiger partial charge >= 0.3 is 0 Å². The van der Waals surface area contributed by atoms with E-state index in [4.69, 9.17) is 0 Å². The summed E-state index contributed by atoms with van der Waals surface area (Å²) in [4.78, 5) is -9.45. The second-order valence-electron chi connectivity index (χ2n) is 5.39. The SMILES string of the molecule is O=S(=O)(O)c1ccc2c(S(=O)(=O)O)cc(S(=O)(=O)O)c(S(=O)(=O)O)c2c1S(=O)(=O)O. The Labute approximate surface area is 168 Å². The van der Waals surface area contributed by atoms with Gasteiger partial charge in [-0.05, 0) is 12.1 Å². The fourth-order valence-corrected chi connectivity index (χ4v) is 7.37. The predicted molar refractivity (Wildman–Crippen MR) is 93.0 cm³/mol. The van der Waals surface area contributed by atoms with Crippen LogP contribution in [-0.4, -0.2) is 64.9 Å². The van der Waals surface area contributed by atoms with Crippen LogP contribution in [0.5, 0.6) is 0 Å². The highest BCUT2D eigenvalue weighted by atomic mass is 32.2. The summed E-state index contributed by atoms with van der Waals surface area (Å²) in [6, 6.07) is 0.325. The maximum atomic E-state index is 11.8. The highest BCUT2D eigenvalue weighted by Crippen LogP contribution is 2.40. The van der Waals surface area contributed by atoms with Crippen molar-refractivity contribution in [1.82, 2.24) is 0 Å². The fourth-order valence-electron chi connectivity index (χ4n) is 2.50. The Hall–Kier alpha value is -1.75. The van der Waals surface area contributed by atoms with Crippen LogP contribution in [0, 0.1) is 0 Å². The number of hydrogen-bond acceptors (Lipinski definition) is 10. The minimum atomic E-state index is -5.92. The quantitative estimate of drug-likeness (QED) is 0.293. The Morgan fingerprint density at radius 2 is 0.833 bits per heavy atom. The molecule has 0 unspecified atom stereocenters. The molecule has 5 N–H and O–H groups in total. The number of rotatable bonds is 5. The van der Waals surface area contributed by atoms with Crippen molar-refractivity contribution in [2.24, 2.45) is 0 Å². The summed E-state index contributed by atoms with van der Waals surface area (Å²) < 4.78 is 163. The lowest BCUT2D eigenvalue weighted by Crippen LogP contribution is -2.16. The summed E-state index contributed by atoms with van der Waals surface area (Å²) in [6.45, 7) is 0. The molecule has 0 radical (unpaired) electrons. The van der Waals surface area contributed by atoms with E-state index in [-0.39, 0.29) is 12.1 Å². The van der Waals surface area contributed by atoms with Gasteiger partial charge in [-0.25, -0.2) is 0 Å². The smallest absolute Gasteiger partial charge is 0.282 e. The zero-order chi connectivity index (χ0) is 23.7. The molecule has 2 rings (SSSR count). The molecule has 168 valence electrons. The van der Waals surface area contributed by atoms with Gasteiger partial charge < -0.3 is 0 Å². The molecule has 0 aromatic heterocycles. The molecule has 2 aromatic carbocycles. The molecule has 15 nitrogen and oxygen atoms in total. The van der Waals surface area contributed by atoms with Crippen molar-refractivity contribution in [2.45, 2.75) is 24.5 Å². The second-order valence-corrected chi connectivity index (χ2v) is 12.3. The van der Waals surface area contributed by atoms with E-state index in [1.54, 1.807) is 0 Å². The van der Waals surface area contributed by atoms with Gasteiger partial charge in [0, 0.05) is 10.8 Å². The third kappa shape index (κ3) is 4.46. The predicted octanol–water partition coefficient (Wildman–Crippen LogP) is -0.927. The molecular formula is C10H8O15S5. The van der Waals surface area contributed by atoms with E-state index in [1.807, 2.05) is 0 Å². The van der Waals surface area contributed by atoms with Crippen molar-refractivity contribution in [3.63, 3.8) is 0 Å². The van der Waals surface area contributed by atoms with Crippen LogP contribution < -0.4 is 0 Å². The lowest BCUT2D eigenvalue weighted by Gasteiger charge is -2.16. The molecular weight excluding hydrogens is 520 g/mol. The van der Waals surface area contributed by atoms with Gasteiger partial charge in [0.05, 0.1) is 0 Å². The first kappa shape index (κ1) is 24.5. The molecule has 0 aliphatic carbocycles. The summed E-state index contributed by atoms with van der Waals surface area (Å²) in [5.74, 6) is 0. The van der Waals surface area contributed by atoms with Crippen LogP contribution in [0.1, 0.15) is 0 Å². The van der Waals surface area contributed by atoms with Crippen molar-refractivity contribution in [1.29, 1.82) is 0 Å². The first-order chi connectivity index (χ1) is 13.1. The molecule has 0 bridgehead atoms. The highest BCUT2D eigenvalue weighted by Gasteiger charge is 2.37. The van der Waals surface area contributed by atoms with E-state index in [2.05, 4.69) is 0 Å². The van der Waals surface area contributed by atoms with Crippen molar-refractivity contribution in [3.05, 3.63) is 18.2 Å². The molecule has 0 saturated heterocycles. The van der Waals surface area contributed by atoms with Crippen LogP contribution in [0.15, 0.2) is 42.7 Å². The first-order valence-corrected chi connectivity index (χ1v) is 13.8. The number of fused-ring (bicyclic) bond motifs is 1. The van der Waals surface area contributed by atoms with E-state index >= 15 is 0 Å². The minimum Gasteiger partial charge on any atom is -0.282 e. The Balaban J connectivity index is 3.67. The van der Waals surface area contributed by atoms with Gasteiger partial charge in [-0.1, -0.05) is 6.07 Å². The Kier molecular flexibility index (Phi) is 5.62. The monoisotopic (exact) mass is 528 g/mol. The van der Waals surface area contributed by atoms with E-state index in [1.165, 1.54) is 0 Å². The summed E-state index contributed by atoms with van der Waals surface area (Å²) in [5.41, 5.74) is 0. The molecule has 0 saturated carbocycles. The van der Waals surface area contributed by atoms with E-state index in [9.17, 15) is 64.9 Å². The lowest BCUT2D eigenvalue weighted by molar-refractivity contribution is 0.463. The molecule has 0 heterocycles. The Bertz CT molecular complexity index is 1590. The number of benzene rings is 2. The maximum Gasteiger partial charge on any atom is 0.296 e. The molecule has 20 heteroatoms. The van der Waals surface area contributed by atoms with Gasteiger partial charge in [0.25, 0.3) is 50.6 Å². The summed E-state index contributed by atoms with van der Waals surface area (Å²) >= 11 is 0. The van der Waals surface area contributed by atoms with Crippen molar-refractivity contribution >= 4 is 61.4 Å². The third-order valence-electron chi connectivity index (χ3n) is 3.45.